The van der Waals surface area contributed by atoms with Gasteiger partial charge >= 0.3 is 0 Å². The van der Waals surface area contributed by atoms with Crippen LogP contribution >= 0.6 is 0 Å². The standard InChI is InChI=1S/C11H17NO2/c1-10(2)13-9-5-3-4-6-11(9,14-10)7-8-12/h9H,3-7H2,1-2H3/t9-,11-/m1/s1. The number of hydrogen-bond acceptors (Lipinski definition) is 3. The Bertz CT molecular complexity index is 269. The molecule has 1 heterocycles. The fourth-order valence-electron chi connectivity index (χ4n) is 2.69. The molecule has 0 aromatic carbocycles. The minimum absolute atomic E-state index is 0.130. The summed E-state index contributed by atoms with van der Waals surface area (Å²) in [4.78, 5) is 0. The van der Waals surface area contributed by atoms with Crippen LogP contribution in [0.4, 0.5) is 0 Å². The molecule has 0 N–H and O–H groups in total. The number of rotatable bonds is 1. The van der Waals surface area contributed by atoms with Crippen LogP contribution in [0.3, 0.4) is 0 Å². The van der Waals surface area contributed by atoms with Gasteiger partial charge in [0.1, 0.15) is 5.60 Å². The lowest BCUT2D eigenvalue weighted by Crippen LogP contribution is -2.42. The van der Waals surface area contributed by atoms with Gasteiger partial charge in [0.2, 0.25) is 0 Å². The Labute approximate surface area is 85.0 Å². The van der Waals surface area contributed by atoms with Crippen molar-refractivity contribution in [2.24, 2.45) is 0 Å². The van der Waals surface area contributed by atoms with Crippen LogP contribution in [0.5, 0.6) is 0 Å². The van der Waals surface area contributed by atoms with Crippen LogP contribution in [-0.4, -0.2) is 17.5 Å². The predicted molar refractivity (Wildman–Crippen MR) is 51.5 cm³/mol. The molecule has 1 saturated carbocycles. The molecule has 14 heavy (non-hydrogen) atoms. The second-order valence-electron chi connectivity index (χ2n) is 4.75. The second kappa shape index (κ2) is 3.22. The average molecular weight is 195 g/mol. The van der Waals surface area contributed by atoms with E-state index in [-0.39, 0.29) is 11.7 Å². The highest BCUT2D eigenvalue weighted by Gasteiger charge is 2.53. The van der Waals surface area contributed by atoms with E-state index in [4.69, 9.17) is 14.7 Å². The molecule has 2 fully saturated rings. The first kappa shape index (κ1) is 9.95. The van der Waals surface area contributed by atoms with Crippen molar-refractivity contribution in [3.63, 3.8) is 0 Å². The van der Waals surface area contributed by atoms with Crippen molar-refractivity contribution in [1.29, 1.82) is 5.26 Å². The highest BCUT2D eigenvalue weighted by molar-refractivity contribution is 5.03. The molecular weight excluding hydrogens is 178 g/mol. The molecule has 0 amide bonds. The maximum atomic E-state index is 8.85. The molecule has 0 radical (unpaired) electrons. The molecule has 0 aromatic heterocycles. The summed E-state index contributed by atoms with van der Waals surface area (Å²) >= 11 is 0. The number of fused-ring (bicyclic) bond motifs is 1. The van der Waals surface area contributed by atoms with Crippen LogP contribution < -0.4 is 0 Å². The minimum Gasteiger partial charge on any atom is -0.344 e. The molecule has 0 spiro atoms. The minimum atomic E-state index is -0.508. The molecule has 2 aliphatic rings. The summed E-state index contributed by atoms with van der Waals surface area (Å²) in [6, 6.07) is 2.23. The lowest BCUT2D eigenvalue weighted by atomic mass is 9.80. The summed E-state index contributed by atoms with van der Waals surface area (Å²) in [5.41, 5.74) is -0.309. The monoisotopic (exact) mass is 195 g/mol. The van der Waals surface area contributed by atoms with Crippen molar-refractivity contribution >= 4 is 0 Å². The van der Waals surface area contributed by atoms with Crippen LogP contribution in [0.1, 0.15) is 46.0 Å². The molecular formula is C11H17NO2. The van der Waals surface area contributed by atoms with Gasteiger partial charge in [0.15, 0.2) is 5.79 Å². The smallest absolute Gasteiger partial charge is 0.164 e. The Morgan fingerprint density at radius 3 is 2.93 bits per heavy atom. The normalized spacial score (nSPS) is 40.2. The van der Waals surface area contributed by atoms with Crippen molar-refractivity contribution in [2.75, 3.05) is 0 Å². The highest BCUT2D eigenvalue weighted by Crippen LogP contribution is 2.46. The van der Waals surface area contributed by atoms with Gasteiger partial charge in [-0.2, -0.15) is 5.26 Å². The lowest BCUT2D eigenvalue weighted by molar-refractivity contribution is -0.162. The molecule has 0 unspecified atom stereocenters. The van der Waals surface area contributed by atoms with Crippen LogP contribution in [0.2, 0.25) is 0 Å². The van der Waals surface area contributed by atoms with E-state index in [0.29, 0.717) is 6.42 Å². The van der Waals surface area contributed by atoms with Gasteiger partial charge in [-0.3, -0.25) is 0 Å². The topological polar surface area (TPSA) is 42.2 Å². The molecule has 0 aromatic rings. The Morgan fingerprint density at radius 1 is 1.43 bits per heavy atom. The van der Waals surface area contributed by atoms with E-state index in [9.17, 15) is 0 Å². The Hall–Kier alpha value is -0.590. The highest BCUT2D eigenvalue weighted by atomic mass is 16.8. The van der Waals surface area contributed by atoms with Gasteiger partial charge in [0, 0.05) is 0 Å². The third kappa shape index (κ3) is 1.53. The summed E-state index contributed by atoms with van der Waals surface area (Å²) in [7, 11) is 0. The Kier molecular flexibility index (Phi) is 2.29. The lowest BCUT2D eigenvalue weighted by Gasteiger charge is -2.34. The molecule has 1 aliphatic carbocycles. The maximum Gasteiger partial charge on any atom is 0.164 e. The second-order valence-corrected chi connectivity index (χ2v) is 4.75. The number of ether oxygens (including phenoxy) is 2. The zero-order valence-corrected chi connectivity index (χ0v) is 8.88. The first-order valence-corrected chi connectivity index (χ1v) is 5.33. The van der Waals surface area contributed by atoms with E-state index >= 15 is 0 Å². The van der Waals surface area contributed by atoms with E-state index in [2.05, 4.69) is 6.07 Å². The zero-order valence-electron chi connectivity index (χ0n) is 8.88. The first-order valence-electron chi connectivity index (χ1n) is 5.33. The van der Waals surface area contributed by atoms with Crippen molar-refractivity contribution in [3.8, 4) is 6.07 Å². The van der Waals surface area contributed by atoms with Gasteiger partial charge in [-0.1, -0.05) is 12.8 Å². The third-order valence-corrected chi connectivity index (χ3v) is 3.16. The van der Waals surface area contributed by atoms with E-state index in [0.717, 1.165) is 19.3 Å². The van der Waals surface area contributed by atoms with Gasteiger partial charge < -0.3 is 9.47 Å². The molecule has 3 heteroatoms. The summed E-state index contributed by atoms with van der Waals surface area (Å²) in [6.45, 7) is 3.87. The van der Waals surface area contributed by atoms with Crippen molar-refractivity contribution in [2.45, 2.75) is 63.4 Å². The summed E-state index contributed by atoms with van der Waals surface area (Å²) in [5.74, 6) is -0.508. The van der Waals surface area contributed by atoms with Gasteiger partial charge in [-0.05, 0) is 26.7 Å². The Balaban J connectivity index is 2.21. The molecule has 0 bridgehead atoms. The van der Waals surface area contributed by atoms with E-state index in [1.165, 1.54) is 6.42 Å². The molecule has 2 atom stereocenters. The van der Waals surface area contributed by atoms with Crippen LogP contribution in [-0.2, 0) is 9.47 Å². The number of nitrogens with zero attached hydrogens (tertiary/aromatic N) is 1. The summed E-state index contributed by atoms with van der Waals surface area (Å²) < 4.78 is 11.8. The van der Waals surface area contributed by atoms with Gasteiger partial charge in [0.05, 0.1) is 18.6 Å². The van der Waals surface area contributed by atoms with Gasteiger partial charge in [-0.25, -0.2) is 0 Å². The van der Waals surface area contributed by atoms with Crippen LogP contribution in [0.15, 0.2) is 0 Å². The summed E-state index contributed by atoms with van der Waals surface area (Å²) in [6.07, 6.45) is 4.93. The molecule has 1 aliphatic heterocycles. The third-order valence-electron chi connectivity index (χ3n) is 3.16. The van der Waals surface area contributed by atoms with E-state index < -0.39 is 5.79 Å². The molecule has 1 saturated heterocycles. The predicted octanol–water partition coefficient (Wildman–Crippen LogP) is 2.36. The fourth-order valence-corrected chi connectivity index (χ4v) is 2.69. The van der Waals surface area contributed by atoms with Crippen molar-refractivity contribution in [1.82, 2.24) is 0 Å². The van der Waals surface area contributed by atoms with Crippen molar-refractivity contribution < 1.29 is 9.47 Å². The molecule has 3 nitrogen and oxygen atoms in total. The van der Waals surface area contributed by atoms with Gasteiger partial charge in [-0.15, -0.1) is 0 Å². The first-order chi connectivity index (χ1) is 6.58. The summed E-state index contributed by atoms with van der Waals surface area (Å²) in [5, 5.41) is 8.85. The SMILES string of the molecule is CC1(C)O[C@@H]2CCCC[C@]2(CC#N)O1. The van der Waals surface area contributed by atoms with Crippen molar-refractivity contribution in [3.05, 3.63) is 0 Å². The fraction of sp³-hybridized carbons (Fsp3) is 0.909. The quantitative estimate of drug-likeness (QED) is 0.645. The average Bonchev–Trinajstić information content (AvgIpc) is 2.35. The largest absolute Gasteiger partial charge is 0.344 e. The zero-order chi connectivity index (χ0) is 10.2. The van der Waals surface area contributed by atoms with Crippen LogP contribution in [0, 0.1) is 11.3 Å². The van der Waals surface area contributed by atoms with E-state index in [1.54, 1.807) is 0 Å². The van der Waals surface area contributed by atoms with Gasteiger partial charge in [0.25, 0.3) is 0 Å². The Morgan fingerprint density at radius 2 is 2.21 bits per heavy atom. The number of hydrogen-bond donors (Lipinski definition) is 0. The number of nitriles is 1. The molecule has 78 valence electrons. The van der Waals surface area contributed by atoms with Crippen LogP contribution in [0.25, 0.3) is 0 Å². The molecule has 2 rings (SSSR count). The van der Waals surface area contributed by atoms with E-state index in [1.807, 2.05) is 13.8 Å². The maximum absolute atomic E-state index is 8.85.